The molecule has 0 unspecified atom stereocenters. The van der Waals surface area contributed by atoms with Gasteiger partial charge in [0, 0.05) is 16.1 Å². The second-order valence-electron chi connectivity index (χ2n) is 6.87. The van der Waals surface area contributed by atoms with Crippen LogP contribution in [-0.2, 0) is 0 Å². The monoisotopic (exact) mass is 510 g/mol. The molecule has 7 heteroatoms. The molecule has 2 aromatic heterocycles. The lowest BCUT2D eigenvalue weighted by atomic mass is 10.1. The quantitative estimate of drug-likeness (QED) is 0.284. The van der Waals surface area contributed by atoms with E-state index in [1.54, 1.807) is 6.07 Å². The van der Waals surface area contributed by atoms with E-state index in [-0.39, 0.29) is 17.0 Å². The van der Waals surface area contributed by atoms with Crippen molar-refractivity contribution in [3.8, 4) is 22.5 Å². The Balaban J connectivity index is 0.00000231. The van der Waals surface area contributed by atoms with Crippen LogP contribution in [0.2, 0.25) is 10.0 Å². The van der Waals surface area contributed by atoms with Crippen molar-refractivity contribution in [1.82, 2.24) is 9.66 Å². The van der Waals surface area contributed by atoms with E-state index >= 15 is 0 Å². The Morgan fingerprint density at radius 3 is 2.32 bits per heavy atom. The van der Waals surface area contributed by atoms with E-state index in [0.717, 1.165) is 33.9 Å². The zero-order valence-corrected chi connectivity index (χ0v) is 19.3. The van der Waals surface area contributed by atoms with Crippen LogP contribution in [0, 0.1) is 0 Å². The first kappa shape index (κ1) is 21.4. The largest absolute Gasteiger partial charge is 1.00 e. The Hall–Kier alpha value is -2.86. The van der Waals surface area contributed by atoms with Gasteiger partial charge in [0.05, 0.1) is 11.2 Å². The molecule has 3 aromatic carbocycles. The third kappa shape index (κ3) is 4.30. The van der Waals surface area contributed by atoms with Crippen LogP contribution in [0.5, 0.6) is 0 Å². The summed E-state index contributed by atoms with van der Waals surface area (Å²) in [5.41, 5.74) is 4.89. The molecule has 2 heterocycles. The fourth-order valence-corrected chi connectivity index (χ4v) is 3.93. The highest BCUT2D eigenvalue weighted by atomic mass is 79.9. The van der Waals surface area contributed by atoms with Gasteiger partial charge in [-0.15, -0.1) is 9.78 Å². The van der Waals surface area contributed by atoms with Crippen LogP contribution in [0.25, 0.3) is 28.3 Å². The normalized spacial score (nSPS) is 11.2. The van der Waals surface area contributed by atoms with Crippen molar-refractivity contribution in [1.29, 1.82) is 0 Å². The number of aromatic amines is 1. The predicted molar refractivity (Wildman–Crippen MR) is 122 cm³/mol. The van der Waals surface area contributed by atoms with Crippen molar-refractivity contribution in [2.75, 3.05) is 0 Å². The van der Waals surface area contributed by atoms with Gasteiger partial charge in [0.15, 0.2) is 0 Å². The van der Waals surface area contributed by atoms with Crippen LogP contribution >= 0.6 is 23.2 Å². The molecule has 0 amide bonds. The Morgan fingerprint density at radius 2 is 1.61 bits per heavy atom. The average Bonchev–Trinajstić information content (AvgIpc) is 3.33. The topological polar surface area (TPSA) is 37.2 Å². The van der Waals surface area contributed by atoms with Gasteiger partial charge < -0.3 is 17.0 Å². The van der Waals surface area contributed by atoms with E-state index < -0.39 is 0 Å². The average molecular weight is 512 g/mol. The molecule has 0 bridgehead atoms. The van der Waals surface area contributed by atoms with E-state index in [0.29, 0.717) is 10.0 Å². The van der Waals surface area contributed by atoms with Gasteiger partial charge in [-0.05, 0) is 23.8 Å². The van der Waals surface area contributed by atoms with Gasteiger partial charge in [0.25, 0.3) is 0 Å². The molecule has 5 rings (SSSR count). The van der Waals surface area contributed by atoms with Crippen LogP contribution in [0.1, 0.15) is 5.56 Å². The number of H-pyrrole nitrogens is 1. The summed E-state index contributed by atoms with van der Waals surface area (Å²) in [6.07, 6.45) is 5.87. The van der Waals surface area contributed by atoms with Crippen LogP contribution in [0.3, 0.4) is 0 Å². The third-order valence-corrected chi connectivity index (χ3v) is 5.42. The van der Waals surface area contributed by atoms with Crippen molar-refractivity contribution < 1.29 is 21.4 Å². The van der Waals surface area contributed by atoms with E-state index in [4.69, 9.17) is 23.2 Å². The molecular weight excluding hydrogens is 495 g/mol. The number of hydrogen-bond donors (Lipinski definition) is 1. The minimum absolute atomic E-state index is 0. The fourth-order valence-electron chi connectivity index (χ4n) is 3.42. The Labute approximate surface area is 200 Å². The number of halogens is 3. The molecule has 0 radical (unpaired) electrons. The summed E-state index contributed by atoms with van der Waals surface area (Å²) < 4.78 is 3.92. The fraction of sp³-hybridized carbons (Fsp3) is 0. The molecule has 0 saturated carbocycles. The number of hydrogen-bond acceptors (Lipinski definition) is 1. The zero-order chi connectivity index (χ0) is 20.5. The van der Waals surface area contributed by atoms with Gasteiger partial charge in [-0.2, -0.15) is 4.40 Å². The summed E-state index contributed by atoms with van der Waals surface area (Å²) in [6.45, 7) is 0. The van der Waals surface area contributed by atoms with E-state index in [1.807, 2.05) is 83.9 Å². The van der Waals surface area contributed by atoms with Crippen molar-refractivity contribution in [2.24, 2.45) is 5.10 Å². The third-order valence-electron chi connectivity index (χ3n) is 4.88. The first-order valence-electron chi connectivity index (χ1n) is 9.45. The van der Waals surface area contributed by atoms with Crippen LogP contribution in [0.4, 0.5) is 0 Å². The first-order chi connectivity index (χ1) is 14.7. The highest BCUT2D eigenvalue weighted by molar-refractivity contribution is 6.36. The molecule has 1 N–H and O–H groups in total. The Kier molecular flexibility index (Phi) is 6.28. The molecular formula is C24H17BrCl2N4. The van der Waals surface area contributed by atoms with Gasteiger partial charge in [-0.25, -0.2) is 4.98 Å². The van der Waals surface area contributed by atoms with E-state index in [1.165, 1.54) is 0 Å². The van der Waals surface area contributed by atoms with Gasteiger partial charge in [0.2, 0.25) is 0 Å². The molecule has 0 aliphatic rings. The second kappa shape index (κ2) is 9.10. The number of fused-ring (bicyclic) bond motifs is 1. The standard InChI is InChI=1S/C24H16Cl2N4.BrH/c25-19-11-12-20(21(26)13-19)22-15-29-23(18-9-5-2-6-10-18)16-30(24(29)28-22)27-14-17-7-3-1-4-8-17;/h1-16H;1H. The summed E-state index contributed by atoms with van der Waals surface area (Å²) in [7, 11) is 0. The highest BCUT2D eigenvalue weighted by Gasteiger charge is 2.22. The summed E-state index contributed by atoms with van der Waals surface area (Å²) in [6, 6.07) is 25.7. The van der Waals surface area contributed by atoms with Gasteiger partial charge in [-0.3, -0.25) is 0 Å². The predicted octanol–water partition coefficient (Wildman–Crippen LogP) is 3.08. The van der Waals surface area contributed by atoms with Crippen LogP contribution in [-0.4, -0.2) is 15.9 Å². The summed E-state index contributed by atoms with van der Waals surface area (Å²) in [5, 5.41) is 5.88. The number of benzene rings is 3. The Morgan fingerprint density at radius 1 is 0.903 bits per heavy atom. The molecule has 31 heavy (non-hydrogen) atoms. The summed E-state index contributed by atoms with van der Waals surface area (Å²) >= 11 is 12.5. The smallest absolute Gasteiger partial charge is 0.391 e. The maximum Gasteiger partial charge on any atom is 0.391 e. The molecule has 5 aromatic rings. The second-order valence-corrected chi connectivity index (χ2v) is 7.71. The molecule has 0 fully saturated rings. The first-order valence-corrected chi connectivity index (χ1v) is 10.2. The number of nitrogens with one attached hydrogen (secondary N) is 1. The molecule has 0 spiro atoms. The zero-order valence-electron chi connectivity index (χ0n) is 16.2. The van der Waals surface area contributed by atoms with Gasteiger partial charge in [-0.1, -0.05) is 83.9 Å². The minimum Gasteiger partial charge on any atom is -1.00 e. The number of nitrogens with zero attached hydrogens (tertiary/aromatic N) is 3. The molecule has 0 aliphatic carbocycles. The SMILES string of the molecule is Clc1ccc(-c2c[n+]3c(-c4ccccc4)cn(N=Cc4ccccc4)c3[nH]2)c(Cl)c1.[Br-]. The lowest BCUT2D eigenvalue weighted by Gasteiger charge is -1.99. The lowest BCUT2D eigenvalue weighted by Crippen LogP contribution is -3.00. The van der Waals surface area contributed by atoms with E-state index in [9.17, 15) is 0 Å². The van der Waals surface area contributed by atoms with Gasteiger partial charge in [0.1, 0.15) is 23.8 Å². The highest BCUT2D eigenvalue weighted by Crippen LogP contribution is 2.30. The maximum absolute atomic E-state index is 6.45. The van der Waals surface area contributed by atoms with Crippen molar-refractivity contribution in [2.45, 2.75) is 0 Å². The van der Waals surface area contributed by atoms with Crippen molar-refractivity contribution >= 4 is 35.2 Å². The lowest BCUT2D eigenvalue weighted by molar-refractivity contribution is -0.496. The molecule has 0 atom stereocenters. The number of aromatic nitrogens is 3. The molecule has 0 saturated heterocycles. The number of imidazole rings is 2. The molecule has 0 aliphatic heterocycles. The Bertz CT molecular complexity index is 1360. The minimum atomic E-state index is 0. The van der Waals surface area contributed by atoms with Crippen molar-refractivity contribution in [3.05, 3.63) is 107 Å². The summed E-state index contributed by atoms with van der Waals surface area (Å²) in [4.78, 5) is 3.45. The van der Waals surface area contributed by atoms with Crippen molar-refractivity contribution in [3.63, 3.8) is 0 Å². The summed E-state index contributed by atoms with van der Waals surface area (Å²) in [5.74, 6) is 0.821. The van der Waals surface area contributed by atoms with Crippen LogP contribution in [0.15, 0.2) is 96.4 Å². The van der Waals surface area contributed by atoms with Gasteiger partial charge >= 0.3 is 5.78 Å². The molecule has 154 valence electrons. The molecule has 4 nitrogen and oxygen atoms in total. The number of rotatable bonds is 4. The maximum atomic E-state index is 6.45. The van der Waals surface area contributed by atoms with Crippen LogP contribution < -0.4 is 21.4 Å². The van der Waals surface area contributed by atoms with E-state index in [2.05, 4.69) is 26.6 Å².